The summed E-state index contributed by atoms with van der Waals surface area (Å²) in [5, 5.41) is 2.31. The minimum absolute atomic E-state index is 0.119. The summed E-state index contributed by atoms with van der Waals surface area (Å²) >= 11 is 0. The number of rotatable bonds is 2. The van der Waals surface area contributed by atoms with Gasteiger partial charge < -0.3 is 23.8 Å². The minimum Gasteiger partial charge on any atom is -0.425 e. The minimum atomic E-state index is -4.68. The second-order valence-corrected chi connectivity index (χ2v) is 7.28. The number of alkyl halides is 3. The highest BCUT2D eigenvalue weighted by Crippen LogP contribution is 2.40. The molecule has 2 aromatic rings. The first kappa shape index (κ1) is 19.6. The van der Waals surface area contributed by atoms with Gasteiger partial charge in [-0.3, -0.25) is 0 Å². The number of hydrogen-bond donors (Lipinski definition) is 1. The maximum atomic E-state index is 13.6. The van der Waals surface area contributed by atoms with Crippen molar-refractivity contribution >= 4 is 29.6 Å². The number of nitrogens with one attached hydrogen (secondary N) is 1. The molecule has 0 spiro atoms. The molecule has 1 fully saturated rings. The van der Waals surface area contributed by atoms with Gasteiger partial charge in [-0.1, -0.05) is 6.07 Å². The number of carbonyl (C=O) groups excluding carboxylic acids is 1. The van der Waals surface area contributed by atoms with E-state index in [1.165, 1.54) is 19.2 Å². The molecule has 1 N–H and O–H groups in total. The lowest BCUT2D eigenvalue weighted by Crippen LogP contribution is -2.41. The van der Waals surface area contributed by atoms with Crippen molar-refractivity contribution in [3.05, 3.63) is 23.8 Å². The quantitative estimate of drug-likeness (QED) is 0.802. The van der Waals surface area contributed by atoms with Crippen LogP contribution in [0.5, 0.6) is 5.95 Å². The fraction of sp³-hybridized carbons (Fsp3) is 0.471. The van der Waals surface area contributed by atoms with Gasteiger partial charge in [0.1, 0.15) is 0 Å². The predicted octanol–water partition coefficient (Wildman–Crippen LogP) is 3.47. The van der Waals surface area contributed by atoms with Crippen LogP contribution in [0.25, 0.3) is 11.0 Å². The van der Waals surface area contributed by atoms with Gasteiger partial charge >= 0.3 is 19.4 Å². The van der Waals surface area contributed by atoms with Crippen LogP contribution in [0.3, 0.4) is 0 Å². The zero-order valence-electron chi connectivity index (χ0n) is 15.5. The third-order valence-electron chi connectivity index (χ3n) is 4.84. The van der Waals surface area contributed by atoms with E-state index in [1.54, 1.807) is 0 Å². The van der Waals surface area contributed by atoms with Crippen LogP contribution in [-0.2, 0) is 15.5 Å². The second kappa shape index (κ2) is 6.17. The Balaban J connectivity index is 2.09. The van der Waals surface area contributed by atoms with E-state index in [-0.39, 0.29) is 16.8 Å². The van der Waals surface area contributed by atoms with Crippen molar-refractivity contribution in [2.24, 2.45) is 0 Å². The Bertz CT molecular complexity index is 875. The van der Waals surface area contributed by atoms with Crippen LogP contribution in [0.1, 0.15) is 33.3 Å². The molecule has 1 aliphatic rings. The summed E-state index contributed by atoms with van der Waals surface area (Å²) in [6.45, 7) is 7.24. The maximum Gasteiger partial charge on any atom is 0.494 e. The Morgan fingerprint density at radius 2 is 1.70 bits per heavy atom. The summed E-state index contributed by atoms with van der Waals surface area (Å²) in [5.74, 6) is -0.346. The standard InChI is InChI=1S/C17H19BF3NO5/c1-15(2)16(3,4)27-18(26-15)10-6-9-7-12(25-14(23)22-5)24-13(9)11(8-10)17(19,20)21/h6-8H,1-5H3,(H,22,23). The van der Waals surface area contributed by atoms with E-state index in [0.29, 0.717) is 0 Å². The molecule has 0 radical (unpaired) electrons. The van der Waals surface area contributed by atoms with Crippen molar-refractivity contribution in [1.82, 2.24) is 5.32 Å². The molecule has 146 valence electrons. The largest absolute Gasteiger partial charge is 0.494 e. The molecule has 1 aromatic carbocycles. The molecular weight excluding hydrogens is 366 g/mol. The van der Waals surface area contributed by atoms with Crippen molar-refractivity contribution < 1.29 is 36.4 Å². The lowest BCUT2D eigenvalue weighted by atomic mass is 9.77. The van der Waals surface area contributed by atoms with Crippen molar-refractivity contribution in [3.63, 3.8) is 0 Å². The number of amides is 1. The summed E-state index contributed by atoms with van der Waals surface area (Å²) in [7, 11) is 0.349. The molecule has 6 nitrogen and oxygen atoms in total. The molecule has 0 unspecified atom stereocenters. The van der Waals surface area contributed by atoms with Crippen molar-refractivity contribution in [3.8, 4) is 5.95 Å². The van der Waals surface area contributed by atoms with Crippen molar-refractivity contribution in [2.45, 2.75) is 45.1 Å². The summed E-state index contributed by atoms with van der Waals surface area (Å²) in [4.78, 5) is 11.3. The van der Waals surface area contributed by atoms with Gasteiger partial charge in [0.25, 0.3) is 5.95 Å². The van der Waals surface area contributed by atoms with E-state index in [9.17, 15) is 18.0 Å². The van der Waals surface area contributed by atoms with Crippen LogP contribution in [0.15, 0.2) is 22.6 Å². The lowest BCUT2D eigenvalue weighted by Gasteiger charge is -2.32. The Morgan fingerprint density at radius 3 is 2.22 bits per heavy atom. The van der Waals surface area contributed by atoms with E-state index < -0.39 is 41.7 Å². The Hall–Kier alpha value is -2.20. The molecular formula is C17H19BF3NO5. The number of halogens is 3. The average Bonchev–Trinajstić information content (AvgIpc) is 3.02. The molecule has 1 aromatic heterocycles. The molecule has 1 amide bonds. The van der Waals surface area contributed by atoms with E-state index in [2.05, 4.69) is 5.32 Å². The van der Waals surface area contributed by atoms with Crippen LogP contribution in [0.2, 0.25) is 0 Å². The molecule has 0 atom stereocenters. The zero-order valence-corrected chi connectivity index (χ0v) is 15.5. The zero-order chi connectivity index (χ0) is 20.2. The SMILES string of the molecule is CNC(=O)Oc1cc2cc(B3OC(C)(C)C(C)(C)O3)cc(C(F)(F)F)c2o1. The molecule has 27 heavy (non-hydrogen) atoms. The van der Waals surface area contributed by atoms with E-state index in [1.807, 2.05) is 27.7 Å². The summed E-state index contributed by atoms with van der Waals surface area (Å²) in [6, 6.07) is 3.61. The number of fused-ring (bicyclic) bond motifs is 1. The average molecular weight is 385 g/mol. The van der Waals surface area contributed by atoms with E-state index in [4.69, 9.17) is 18.5 Å². The highest BCUT2D eigenvalue weighted by molar-refractivity contribution is 6.62. The van der Waals surface area contributed by atoms with Gasteiger partial charge in [0.05, 0.1) is 16.8 Å². The van der Waals surface area contributed by atoms with Crippen molar-refractivity contribution in [1.29, 1.82) is 0 Å². The van der Waals surface area contributed by atoms with Gasteiger partial charge in [-0.25, -0.2) is 4.79 Å². The molecule has 0 saturated carbocycles. The first-order valence-electron chi connectivity index (χ1n) is 8.24. The Labute approximate surface area is 154 Å². The maximum absolute atomic E-state index is 13.6. The van der Waals surface area contributed by atoms with E-state index >= 15 is 0 Å². The highest BCUT2D eigenvalue weighted by Gasteiger charge is 2.52. The monoisotopic (exact) mass is 385 g/mol. The Morgan fingerprint density at radius 1 is 1.11 bits per heavy atom. The number of furan rings is 1. The first-order valence-corrected chi connectivity index (χ1v) is 8.24. The number of hydrogen-bond acceptors (Lipinski definition) is 5. The molecule has 2 heterocycles. The van der Waals surface area contributed by atoms with Gasteiger partial charge in [-0.05, 0) is 39.2 Å². The Kier molecular flexibility index (Phi) is 4.47. The third kappa shape index (κ3) is 3.51. The van der Waals surface area contributed by atoms with Gasteiger partial charge in [0.15, 0.2) is 5.58 Å². The highest BCUT2D eigenvalue weighted by atomic mass is 19.4. The molecule has 0 aliphatic carbocycles. The molecule has 10 heteroatoms. The normalized spacial score (nSPS) is 18.7. The van der Waals surface area contributed by atoms with Crippen LogP contribution >= 0.6 is 0 Å². The molecule has 1 aliphatic heterocycles. The smallest absolute Gasteiger partial charge is 0.425 e. The summed E-state index contributed by atoms with van der Waals surface area (Å²) in [6.07, 6.45) is -5.53. The third-order valence-corrected chi connectivity index (χ3v) is 4.84. The number of benzene rings is 1. The fourth-order valence-electron chi connectivity index (χ4n) is 2.67. The van der Waals surface area contributed by atoms with Crippen molar-refractivity contribution in [2.75, 3.05) is 7.05 Å². The first-order chi connectivity index (χ1) is 12.3. The van der Waals surface area contributed by atoms with Gasteiger partial charge in [-0.2, -0.15) is 13.2 Å². The molecule has 1 saturated heterocycles. The summed E-state index contributed by atoms with van der Waals surface area (Å²) in [5.41, 5.74) is -2.64. The van der Waals surface area contributed by atoms with Gasteiger partial charge in [-0.15, -0.1) is 0 Å². The molecule has 3 rings (SSSR count). The number of carbonyl (C=O) groups is 1. The topological polar surface area (TPSA) is 69.9 Å². The molecule has 0 bridgehead atoms. The second-order valence-electron chi connectivity index (χ2n) is 7.28. The fourth-order valence-corrected chi connectivity index (χ4v) is 2.67. The lowest BCUT2D eigenvalue weighted by molar-refractivity contribution is -0.136. The van der Waals surface area contributed by atoms with Gasteiger partial charge in [0.2, 0.25) is 0 Å². The predicted molar refractivity (Wildman–Crippen MR) is 92.0 cm³/mol. The van der Waals surface area contributed by atoms with Crippen LogP contribution in [-0.4, -0.2) is 31.5 Å². The van der Waals surface area contributed by atoms with Crippen LogP contribution < -0.4 is 15.5 Å². The van der Waals surface area contributed by atoms with Gasteiger partial charge in [0, 0.05) is 18.5 Å². The number of ether oxygens (including phenoxy) is 1. The van der Waals surface area contributed by atoms with E-state index in [0.717, 1.165) is 6.07 Å². The van der Waals surface area contributed by atoms with Crippen LogP contribution in [0, 0.1) is 0 Å². The van der Waals surface area contributed by atoms with Crippen LogP contribution in [0.4, 0.5) is 18.0 Å². The summed E-state index contributed by atoms with van der Waals surface area (Å²) < 4.78 is 62.3.